The van der Waals surface area contributed by atoms with Crippen LogP contribution >= 0.6 is 0 Å². The Morgan fingerprint density at radius 1 is 1.25 bits per heavy atom. The molecule has 0 spiro atoms. The first kappa shape index (κ1) is 16.0. The van der Waals surface area contributed by atoms with Crippen LogP contribution in [0.5, 0.6) is 0 Å². The van der Waals surface area contributed by atoms with E-state index in [0.717, 1.165) is 12.0 Å². The summed E-state index contributed by atoms with van der Waals surface area (Å²) in [5, 5.41) is 11.2. The number of carbonyl (C=O) groups excluding carboxylic acids is 1. The first-order valence-electron chi connectivity index (χ1n) is 6.91. The van der Waals surface area contributed by atoms with Gasteiger partial charge in [-0.3, -0.25) is 4.79 Å². The summed E-state index contributed by atoms with van der Waals surface area (Å²) in [7, 11) is 0. The predicted octanol–water partition coefficient (Wildman–Crippen LogP) is 2.64. The number of hydrogen-bond donors (Lipinski definition) is 2. The number of nitrogens with zero attached hydrogens (tertiary/aromatic N) is 1. The molecule has 0 fully saturated rings. The summed E-state index contributed by atoms with van der Waals surface area (Å²) in [5.41, 5.74) is 1.09. The van der Waals surface area contributed by atoms with E-state index in [0.29, 0.717) is 6.54 Å². The van der Waals surface area contributed by atoms with Crippen LogP contribution < -0.4 is 5.32 Å². The summed E-state index contributed by atoms with van der Waals surface area (Å²) in [4.78, 5) is 24.4. The van der Waals surface area contributed by atoms with Gasteiger partial charge in [-0.1, -0.05) is 37.3 Å². The predicted molar refractivity (Wildman–Crippen MR) is 77.5 cm³/mol. The second-order valence-corrected chi connectivity index (χ2v) is 4.50. The van der Waals surface area contributed by atoms with E-state index in [4.69, 9.17) is 5.11 Å². The molecule has 1 unspecified atom stereocenters. The third-order valence-corrected chi connectivity index (χ3v) is 3.16. The second-order valence-electron chi connectivity index (χ2n) is 4.50. The monoisotopic (exact) mass is 278 g/mol. The van der Waals surface area contributed by atoms with Crippen molar-refractivity contribution in [2.45, 2.75) is 32.7 Å². The van der Waals surface area contributed by atoms with Crippen LogP contribution in [0.25, 0.3) is 0 Å². The summed E-state index contributed by atoms with van der Waals surface area (Å²) < 4.78 is 0. The smallest absolute Gasteiger partial charge is 0.317 e. The van der Waals surface area contributed by atoms with Gasteiger partial charge < -0.3 is 15.3 Å². The fourth-order valence-corrected chi connectivity index (χ4v) is 2.19. The molecule has 0 heterocycles. The van der Waals surface area contributed by atoms with Crippen molar-refractivity contribution in [1.29, 1.82) is 0 Å². The molecule has 0 saturated heterocycles. The highest BCUT2D eigenvalue weighted by Gasteiger charge is 2.21. The molecule has 0 saturated carbocycles. The molecule has 0 aliphatic carbocycles. The van der Waals surface area contributed by atoms with Gasteiger partial charge >= 0.3 is 12.0 Å². The van der Waals surface area contributed by atoms with E-state index in [1.165, 1.54) is 0 Å². The zero-order valence-corrected chi connectivity index (χ0v) is 12.0. The van der Waals surface area contributed by atoms with Gasteiger partial charge in [-0.2, -0.15) is 0 Å². The van der Waals surface area contributed by atoms with E-state index in [2.05, 4.69) is 5.32 Å². The lowest BCUT2D eigenvalue weighted by molar-refractivity contribution is -0.136. The summed E-state index contributed by atoms with van der Waals surface area (Å²) in [5.74, 6) is -0.913. The number of benzene rings is 1. The largest absolute Gasteiger partial charge is 0.481 e. The number of hydrogen-bond acceptors (Lipinski definition) is 2. The van der Waals surface area contributed by atoms with Crippen LogP contribution in [0.3, 0.4) is 0 Å². The van der Waals surface area contributed by atoms with Crippen molar-refractivity contribution >= 4 is 12.0 Å². The molecular formula is C15H22N2O3. The molecule has 2 amide bonds. The van der Waals surface area contributed by atoms with Gasteiger partial charge in [0.1, 0.15) is 0 Å². The van der Waals surface area contributed by atoms with Gasteiger partial charge in [0.05, 0.1) is 12.5 Å². The quantitative estimate of drug-likeness (QED) is 0.805. The van der Waals surface area contributed by atoms with E-state index in [9.17, 15) is 9.59 Å². The van der Waals surface area contributed by atoms with Crippen LogP contribution in [0, 0.1) is 0 Å². The summed E-state index contributed by atoms with van der Waals surface area (Å²) in [6.45, 7) is 4.68. The van der Waals surface area contributed by atoms with Gasteiger partial charge in [0.15, 0.2) is 0 Å². The average molecular weight is 278 g/mol. The van der Waals surface area contributed by atoms with Crippen LogP contribution in [0.4, 0.5) is 4.79 Å². The van der Waals surface area contributed by atoms with Crippen molar-refractivity contribution in [2.24, 2.45) is 0 Å². The number of carboxylic acid groups (broad SMARTS) is 1. The minimum Gasteiger partial charge on any atom is -0.481 e. The van der Waals surface area contributed by atoms with Gasteiger partial charge in [0, 0.05) is 13.1 Å². The maximum Gasteiger partial charge on any atom is 0.317 e. The molecule has 20 heavy (non-hydrogen) atoms. The molecule has 1 aromatic carbocycles. The molecule has 5 heteroatoms. The van der Waals surface area contributed by atoms with E-state index < -0.39 is 5.97 Å². The van der Waals surface area contributed by atoms with Crippen molar-refractivity contribution in [1.82, 2.24) is 10.2 Å². The highest BCUT2D eigenvalue weighted by molar-refractivity contribution is 5.75. The Morgan fingerprint density at radius 2 is 1.90 bits per heavy atom. The zero-order valence-electron chi connectivity index (χ0n) is 12.0. The Bertz CT molecular complexity index is 434. The number of nitrogens with one attached hydrogen (secondary N) is 1. The maximum atomic E-state index is 12.2. The third kappa shape index (κ3) is 4.57. The average Bonchev–Trinajstić information content (AvgIpc) is 2.44. The Balaban J connectivity index is 2.71. The molecule has 1 rings (SSSR count). The summed E-state index contributed by atoms with van der Waals surface area (Å²) in [6, 6.07) is 9.64. The lowest BCUT2D eigenvalue weighted by Gasteiger charge is -2.30. The number of carbonyl (C=O) groups is 2. The Morgan fingerprint density at radius 3 is 2.40 bits per heavy atom. The number of amides is 2. The van der Waals surface area contributed by atoms with Crippen LogP contribution in [0.1, 0.15) is 38.3 Å². The van der Waals surface area contributed by atoms with Gasteiger partial charge in [0.25, 0.3) is 0 Å². The number of carboxylic acids is 1. The summed E-state index contributed by atoms with van der Waals surface area (Å²) >= 11 is 0. The highest BCUT2D eigenvalue weighted by Crippen LogP contribution is 2.23. The van der Waals surface area contributed by atoms with Gasteiger partial charge in [-0.05, 0) is 18.9 Å². The normalized spacial score (nSPS) is 11.7. The number of rotatable bonds is 7. The van der Waals surface area contributed by atoms with E-state index in [1.54, 1.807) is 4.90 Å². The van der Waals surface area contributed by atoms with E-state index >= 15 is 0 Å². The lowest BCUT2D eigenvalue weighted by Crippen LogP contribution is -2.42. The van der Waals surface area contributed by atoms with Crippen molar-refractivity contribution in [3.63, 3.8) is 0 Å². The molecule has 0 aliphatic rings. The molecule has 0 bridgehead atoms. The number of aliphatic carboxylic acids is 1. The second kappa shape index (κ2) is 8.19. The molecule has 1 aromatic rings. The van der Waals surface area contributed by atoms with Gasteiger partial charge in [-0.25, -0.2) is 4.79 Å². The Labute approximate surface area is 119 Å². The zero-order chi connectivity index (χ0) is 15.0. The standard InChI is InChI=1S/C15H22N2O3/c1-3-13(12-8-6-5-7-9-12)17(4-2)15(20)16-11-10-14(18)19/h5-9,13H,3-4,10-11H2,1-2H3,(H,16,20)(H,18,19). The summed E-state index contributed by atoms with van der Waals surface area (Å²) in [6.07, 6.45) is 0.746. The van der Waals surface area contributed by atoms with Crippen molar-refractivity contribution in [3.8, 4) is 0 Å². The minimum absolute atomic E-state index is 0.00558. The van der Waals surface area contributed by atoms with Gasteiger partial charge in [0.2, 0.25) is 0 Å². The van der Waals surface area contributed by atoms with Crippen molar-refractivity contribution in [3.05, 3.63) is 35.9 Å². The molecular weight excluding hydrogens is 256 g/mol. The topological polar surface area (TPSA) is 69.6 Å². The molecule has 5 nitrogen and oxygen atoms in total. The third-order valence-electron chi connectivity index (χ3n) is 3.16. The van der Waals surface area contributed by atoms with Gasteiger partial charge in [-0.15, -0.1) is 0 Å². The van der Waals surface area contributed by atoms with Crippen molar-refractivity contribution in [2.75, 3.05) is 13.1 Å². The van der Waals surface area contributed by atoms with Crippen LogP contribution in [-0.2, 0) is 4.79 Å². The fraction of sp³-hybridized carbons (Fsp3) is 0.467. The van der Waals surface area contributed by atoms with Crippen LogP contribution in [0.2, 0.25) is 0 Å². The lowest BCUT2D eigenvalue weighted by atomic mass is 10.0. The maximum absolute atomic E-state index is 12.2. The molecule has 0 aromatic heterocycles. The first-order chi connectivity index (χ1) is 9.60. The van der Waals surface area contributed by atoms with Crippen LogP contribution in [-0.4, -0.2) is 35.1 Å². The van der Waals surface area contributed by atoms with E-state index in [1.807, 2.05) is 44.2 Å². The Kier molecular flexibility index (Phi) is 6.56. The van der Waals surface area contributed by atoms with Crippen molar-refractivity contribution < 1.29 is 14.7 Å². The first-order valence-corrected chi connectivity index (χ1v) is 6.91. The minimum atomic E-state index is -0.913. The Hall–Kier alpha value is -2.04. The fourth-order valence-electron chi connectivity index (χ4n) is 2.19. The molecule has 0 aliphatic heterocycles. The highest BCUT2D eigenvalue weighted by atomic mass is 16.4. The number of urea groups is 1. The molecule has 1 atom stereocenters. The molecule has 2 N–H and O–H groups in total. The SMILES string of the molecule is CCC(c1ccccc1)N(CC)C(=O)NCCC(=O)O. The van der Waals surface area contributed by atoms with E-state index in [-0.39, 0.29) is 25.0 Å². The molecule has 0 radical (unpaired) electrons. The van der Waals surface area contributed by atoms with Crippen LogP contribution in [0.15, 0.2) is 30.3 Å². The molecule has 110 valence electrons.